The maximum atomic E-state index is 11.7. The lowest BCUT2D eigenvalue weighted by Crippen LogP contribution is -2.38. The second-order valence-corrected chi connectivity index (χ2v) is 5.63. The van der Waals surface area contributed by atoms with Crippen LogP contribution >= 0.6 is 11.8 Å². The van der Waals surface area contributed by atoms with Crippen molar-refractivity contribution in [1.29, 1.82) is 0 Å². The summed E-state index contributed by atoms with van der Waals surface area (Å²) in [5.74, 6) is -0.169. The summed E-state index contributed by atoms with van der Waals surface area (Å²) in [6, 6.07) is 6.62. The molecule has 1 fully saturated rings. The van der Waals surface area contributed by atoms with Crippen molar-refractivity contribution in [3.63, 3.8) is 0 Å². The van der Waals surface area contributed by atoms with Gasteiger partial charge in [-0.2, -0.15) is 0 Å². The van der Waals surface area contributed by atoms with E-state index in [1.54, 1.807) is 12.1 Å². The Balaban J connectivity index is 1.76. The number of thioether (sulfide) groups is 1. The molecule has 2 rings (SSSR count). The number of aromatic carboxylic acids is 1. The minimum atomic E-state index is -0.967. The van der Waals surface area contributed by atoms with Gasteiger partial charge in [0.15, 0.2) is 0 Å². The Bertz CT molecular complexity index is 562. The van der Waals surface area contributed by atoms with Gasteiger partial charge in [0, 0.05) is 6.54 Å². The molecular weight excluding hydrogens is 292 g/mol. The zero-order chi connectivity index (χ0) is 15.2. The van der Waals surface area contributed by atoms with Crippen LogP contribution in [0.3, 0.4) is 0 Å². The molecule has 0 saturated carbocycles. The first kappa shape index (κ1) is 15.4. The fourth-order valence-corrected chi connectivity index (χ4v) is 2.88. The highest BCUT2D eigenvalue weighted by molar-refractivity contribution is 8.00. The number of carbonyl (C=O) groups is 3. The normalized spacial score (nSPS) is 14.3. The lowest BCUT2D eigenvalue weighted by atomic mass is 10.1. The average Bonchev–Trinajstić information content (AvgIpc) is 2.84. The van der Waals surface area contributed by atoms with Gasteiger partial charge in [-0.3, -0.25) is 9.59 Å². The third-order valence-corrected chi connectivity index (χ3v) is 4.01. The zero-order valence-electron chi connectivity index (χ0n) is 11.4. The molecule has 1 aromatic rings. The number of hydrogen-bond donors (Lipinski definition) is 2. The largest absolute Gasteiger partial charge is 0.478 e. The second kappa shape index (κ2) is 7.12. The van der Waals surface area contributed by atoms with Crippen molar-refractivity contribution < 1.29 is 19.5 Å². The van der Waals surface area contributed by atoms with Gasteiger partial charge in [0.25, 0.3) is 0 Å². The van der Waals surface area contributed by atoms with Gasteiger partial charge in [-0.05, 0) is 24.1 Å². The number of benzene rings is 1. The van der Waals surface area contributed by atoms with Gasteiger partial charge in [-0.25, -0.2) is 4.79 Å². The molecular formula is C14H16N2O4S. The van der Waals surface area contributed by atoms with Gasteiger partial charge in [0.1, 0.15) is 6.54 Å². The monoisotopic (exact) mass is 308 g/mol. The summed E-state index contributed by atoms with van der Waals surface area (Å²) in [4.78, 5) is 35.4. The van der Waals surface area contributed by atoms with Crippen molar-refractivity contribution in [3.05, 3.63) is 35.4 Å². The number of nitrogens with zero attached hydrogens (tertiary/aromatic N) is 1. The van der Waals surface area contributed by atoms with E-state index in [1.807, 2.05) is 6.07 Å². The third-order valence-electron chi connectivity index (χ3n) is 3.07. The molecule has 6 nitrogen and oxygen atoms in total. The molecule has 2 amide bonds. The molecule has 21 heavy (non-hydrogen) atoms. The van der Waals surface area contributed by atoms with Crippen molar-refractivity contribution in [2.75, 3.05) is 24.7 Å². The van der Waals surface area contributed by atoms with Crippen LogP contribution in [0.25, 0.3) is 0 Å². The van der Waals surface area contributed by atoms with Crippen LogP contribution in [0, 0.1) is 0 Å². The standard InChI is InChI=1S/C14H16N2O4S/c17-12(7-16-9-21-8-13(16)18)15-5-4-10-2-1-3-11(6-10)14(19)20/h1-3,6H,4-5,7-9H2,(H,15,17)(H,19,20). The molecule has 0 radical (unpaired) electrons. The van der Waals surface area contributed by atoms with Crippen LogP contribution in [0.2, 0.25) is 0 Å². The Kier molecular flexibility index (Phi) is 5.21. The molecule has 1 saturated heterocycles. The fourth-order valence-electron chi connectivity index (χ4n) is 1.98. The van der Waals surface area contributed by atoms with Crippen LogP contribution in [-0.4, -0.2) is 52.5 Å². The van der Waals surface area contributed by atoms with Crippen LogP contribution in [0.1, 0.15) is 15.9 Å². The number of hydrogen-bond acceptors (Lipinski definition) is 4. The Morgan fingerprint density at radius 3 is 2.86 bits per heavy atom. The molecule has 0 bridgehead atoms. The van der Waals surface area contributed by atoms with Gasteiger partial charge >= 0.3 is 5.97 Å². The average molecular weight is 308 g/mol. The van der Waals surface area contributed by atoms with E-state index in [0.717, 1.165) is 5.56 Å². The highest BCUT2D eigenvalue weighted by Crippen LogP contribution is 2.13. The lowest BCUT2D eigenvalue weighted by Gasteiger charge is -2.14. The Morgan fingerprint density at radius 1 is 1.38 bits per heavy atom. The summed E-state index contributed by atoms with van der Waals surface area (Å²) >= 11 is 1.50. The SMILES string of the molecule is O=C(CN1CSCC1=O)NCCc1cccc(C(=O)O)c1. The summed E-state index contributed by atoms with van der Waals surface area (Å²) in [6.07, 6.45) is 0.551. The number of nitrogens with one attached hydrogen (secondary N) is 1. The number of carboxylic acid groups (broad SMARTS) is 1. The van der Waals surface area contributed by atoms with Crippen molar-refractivity contribution in [2.45, 2.75) is 6.42 Å². The number of rotatable bonds is 6. The smallest absolute Gasteiger partial charge is 0.335 e. The van der Waals surface area contributed by atoms with E-state index in [9.17, 15) is 14.4 Å². The summed E-state index contributed by atoms with van der Waals surface area (Å²) in [5.41, 5.74) is 1.08. The minimum Gasteiger partial charge on any atom is -0.478 e. The fraction of sp³-hybridized carbons (Fsp3) is 0.357. The molecule has 1 aliphatic heterocycles. The minimum absolute atomic E-state index is 0.00990. The molecule has 0 aromatic heterocycles. The summed E-state index contributed by atoms with van der Waals surface area (Å²) < 4.78 is 0. The number of amides is 2. The van der Waals surface area contributed by atoms with Crippen molar-refractivity contribution in [2.24, 2.45) is 0 Å². The Hall–Kier alpha value is -2.02. The molecule has 112 valence electrons. The van der Waals surface area contributed by atoms with Crippen molar-refractivity contribution in [3.8, 4) is 0 Å². The molecule has 1 aromatic carbocycles. The topological polar surface area (TPSA) is 86.7 Å². The van der Waals surface area contributed by atoms with Crippen LogP contribution in [-0.2, 0) is 16.0 Å². The quantitative estimate of drug-likeness (QED) is 0.802. The van der Waals surface area contributed by atoms with Crippen LogP contribution in [0.15, 0.2) is 24.3 Å². The Morgan fingerprint density at radius 2 is 2.19 bits per heavy atom. The van der Waals surface area contributed by atoms with Gasteiger partial charge in [-0.15, -0.1) is 11.8 Å². The van der Waals surface area contributed by atoms with E-state index < -0.39 is 5.97 Å². The molecule has 1 heterocycles. The first-order valence-electron chi connectivity index (χ1n) is 6.50. The number of carboxylic acids is 1. The lowest BCUT2D eigenvalue weighted by molar-refractivity contribution is -0.132. The zero-order valence-corrected chi connectivity index (χ0v) is 12.2. The maximum Gasteiger partial charge on any atom is 0.335 e. The van der Waals surface area contributed by atoms with Gasteiger partial charge in [0.05, 0.1) is 17.2 Å². The highest BCUT2D eigenvalue weighted by Gasteiger charge is 2.22. The Labute approximate surface area is 126 Å². The summed E-state index contributed by atoms with van der Waals surface area (Å²) in [5, 5.41) is 11.6. The molecule has 0 atom stereocenters. The molecule has 0 aliphatic carbocycles. The predicted molar refractivity (Wildman–Crippen MR) is 79.2 cm³/mol. The molecule has 7 heteroatoms. The second-order valence-electron chi connectivity index (χ2n) is 4.67. The number of carbonyl (C=O) groups excluding carboxylic acids is 2. The van der Waals surface area contributed by atoms with Crippen LogP contribution in [0.5, 0.6) is 0 Å². The molecule has 1 aliphatic rings. The van der Waals surface area contributed by atoms with E-state index in [2.05, 4.69) is 5.32 Å². The van der Waals surface area contributed by atoms with E-state index in [4.69, 9.17) is 5.11 Å². The summed E-state index contributed by atoms with van der Waals surface area (Å²) in [6.45, 7) is 0.498. The predicted octanol–water partition coefficient (Wildman–Crippen LogP) is 0.576. The van der Waals surface area contributed by atoms with Gasteiger partial charge < -0.3 is 15.3 Å². The highest BCUT2D eigenvalue weighted by atomic mass is 32.2. The van der Waals surface area contributed by atoms with Crippen LogP contribution < -0.4 is 5.32 Å². The van der Waals surface area contributed by atoms with Gasteiger partial charge in [0.2, 0.25) is 11.8 Å². The summed E-state index contributed by atoms with van der Waals surface area (Å²) in [7, 11) is 0. The third kappa shape index (κ3) is 4.49. The first-order chi connectivity index (χ1) is 10.1. The molecule has 2 N–H and O–H groups in total. The molecule has 0 spiro atoms. The van der Waals surface area contributed by atoms with Gasteiger partial charge in [-0.1, -0.05) is 12.1 Å². The van der Waals surface area contributed by atoms with Crippen LogP contribution in [0.4, 0.5) is 0 Å². The first-order valence-corrected chi connectivity index (χ1v) is 7.66. The van der Waals surface area contributed by atoms with E-state index >= 15 is 0 Å². The van der Waals surface area contributed by atoms with Crippen molar-refractivity contribution >= 4 is 29.5 Å². The molecule has 0 unspecified atom stereocenters. The van der Waals surface area contributed by atoms with E-state index in [-0.39, 0.29) is 23.9 Å². The maximum absolute atomic E-state index is 11.7. The van der Waals surface area contributed by atoms with Crippen molar-refractivity contribution in [1.82, 2.24) is 10.2 Å². The van der Waals surface area contributed by atoms with E-state index in [1.165, 1.54) is 22.7 Å². The van der Waals surface area contributed by atoms with E-state index in [0.29, 0.717) is 24.6 Å².